The van der Waals surface area contributed by atoms with E-state index >= 15 is 0 Å². The molecule has 0 aromatic rings. The molecule has 0 saturated carbocycles. The Bertz CT molecular complexity index is 110. The van der Waals surface area contributed by atoms with E-state index in [4.69, 9.17) is 0 Å². The van der Waals surface area contributed by atoms with Crippen LogP contribution in [0.25, 0.3) is 0 Å². The molecule has 1 fully saturated rings. The zero-order valence-electron chi connectivity index (χ0n) is 6.26. The van der Waals surface area contributed by atoms with Crippen LogP contribution in [0, 0.1) is 5.92 Å². The second-order valence-electron chi connectivity index (χ2n) is 3.03. The lowest BCUT2D eigenvalue weighted by molar-refractivity contribution is 0.0440. The molecule has 1 heterocycles. The Kier molecular flexibility index (Phi) is 3.39. The highest BCUT2D eigenvalue weighted by Gasteiger charge is 2.22. The van der Waals surface area contributed by atoms with Crippen LogP contribution >= 0.6 is 22.6 Å². The first-order valence-electron chi connectivity index (χ1n) is 3.70. The monoisotopic (exact) mass is 255 g/mol. The molecule has 0 spiro atoms. The Morgan fingerprint density at radius 3 is 2.90 bits per heavy atom. The first-order chi connectivity index (χ1) is 4.74. The predicted octanol–water partition coefficient (Wildman–Crippen LogP) is 1.08. The Morgan fingerprint density at radius 2 is 2.40 bits per heavy atom. The summed E-state index contributed by atoms with van der Waals surface area (Å²) >= 11 is 2.37. The lowest BCUT2D eigenvalue weighted by Gasteiger charge is -2.32. The molecule has 0 bridgehead atoms. The van der Waals surface area contributed by atoms with Gasteiger partial charge in [-0.3, -0.25) is 4.90 Å². The van der Waals surface area contributed by atoms with Crippen molar-refractivity contribution in [2.75, 3.05) is 17.6 Å². The smallest absolute Gasteiger partial charge is 0.0590 e. The normalized spacial score (nSPS) is 36.3. The van der Waals surface area contributed by atoms with Crippen molar-refractivity contribution in [3.63, 3.8) is 0 Å². The number of hydrogen-bond donors (Lipinski definition) is 1. The van der Waals surface area contributed by atoms with Crippen LogP contribution in [0.2, 0.25) is 0 Å². The molecule has 3 heteroatoms. The van der Waals surface area contributed by atoms with Crippen LogP contribution < -0.4 is 0 Å². The second kappa shape index (κ2) is 3.88. The van der Waals surface area contributed by atoms with Gasteiger partial charge < -0.3 is 5.11 Å². The predicted molar refractivity (Wildman–Crippen MR) is 50.2 cm³/mol. The minimum atomic E-state index is -0.0563. The van der Waals surface area contributed by atoms with Crippen LogP contribution in [0.3, 0.4) is 0 Å². The van der Waals surface area contributed by atoms with Crippen molar-refractivity contribution >= 4 is 22.6 Å². The average molecular weight is 255 g/mol. The number of rotatable bonds is 1. The number of nitrogens with zero attached hydrogens (tertiary/aromatic N) is 1. The third-order valence-corrected chi connectivity index (χ3v) is 3.08. The van der Waals surface area contributed by atoms with Crippen molar-refractivity contribution in [2.24, 2.45) is 5.92 Å². The molecule has 2 unspecified atom stereocenters. The van der Waals surface area contributed by atoms with Gasteiger partial charge in [0.05, 0.1) is 10.7 Å². The first-order valence-corrected chi connectivity index (χ1v) is 5.23. The number of halogens is 1. The summed E-state index contributed by atoms with van der Waals surface area (Å²) in [5.41, 5.74) is 0. The van der Waals surface area contributed by atoms with Crippen molar-refractivity contribution in [1.29, 1.82) is 0 Å². The minimum Gasteiger partial charge on any atom is -0.393 e. The Balaban J connectivity index is 2.33. The molecule has 2 nitrogen and oxygen atoms in total. The number of aliphatic hydroxyl groups excluding tert-OH is 1. The number of aliphatic hydroxyl groups is 1. The molecule has 1 aliphatic heterocycles. The summed E-state index contributed by atoms with van der Waals surface area (Å²) < 4.78 is 1.09. The average Bonchev–Trinajstić information content (AvgIpc) is 1.95. The number of hydrogen-bond acceptors (Lipinski definition) is 2. The third kappa shape index (κ3) is 2.07. The molecule has 10 heavy (non-hydrogen) atoms. The molecule has 0 aromatic carbocycles. The van der Waals surface area contributed by atoms with Crippen molar-refractivity contribution in [3.8, 4) is 0 Å². The van der Waals surface area contributed by atoms with Crippen molar-refractivity contribution in [2.45, 2.75) is 19.4 Å². The third-order valence-electron chi connectivity index (χ3n) is 2.11. The van der Waals surface area contributed by atoms with Gasteiger partial charge in [-0.05, 0) is 12.3 Å². The molecule has 0 aliphatic carbocycles. The van der Waals surface area contributed by atoms with E-state index in [1.165, 1.54) is 0 Å². The minimum absolute atomic E-state index is 0.0563. The molecule has 1 rings (SSSR count). The van der Waals surface area contributed by atoms with Gasteiger partial charge in [0, 0.05) is 13.1 Å². The van der Waals surface area contributed by atoms with E-state index in [0.29, 0.717) is 5.92 Å². The number of alkyl halides is 1. The summed E-state index contributed by atoms with van der Waals surface area (Å²) in [6.45, 7) is 4.24. The summed E-state index contributed by atoms with van der Waals surface area (Å²) in [5.74, 6) is 0.462. The van der Waals surface area contributed by atoms with Gasteiger partial charge in [-0.1, -0.05) is 29.5 Å². The second-order valence-corrected chi connectivity index (χ2v) is 3.71. The van der Waals surface area contributed by atoms with E-state index < -0.39 is 0 Å². The largest absolute Gasteiger partial charge is 0.393 e. The van der Waals surface area contributed by atoms with Gasteiger partial charge in [-0.25, -0.2) is 0 Å². The van der Waals surface area contributed by atoms with Crippen LogP contribution in [0.5, 0.6) is 0 Å². The molecule has 2 atom stereocenters. The van der Waals surface area contributed by atoms with E-state index in [2.05, 4.69) is 34.4 Å². The highest BCUT2D eigenvalue weighted by atomic mass is 127. The fourth-order valence-corrected chi connectivity index (χ4v) is 1.95. The molecule has 1 N–H and O–H groups in total. The van der Waals surface area contributed by atoms with E-state index in [1.807, 2.05) is 0 Å². The fourth-order valence-electron chi connectivity index (χ4n) is 1.33. The van der Waals surface area contributed by atoms with Crippen LogP contribution in [0.4, 0.5) is 0 Å². The maximum atomic E-state index is 9.36. The SMILES string of the molecule is CC1CN(CI)CCC1O. The molecule has 0 radical (unpaired) electrons. The van der Waals surface area contributed by atoms with Gasteiger partial charge in [0.1, 0.15) is 0 Å². The van der Waals surface area contributed by atoms with Crippen molar-refractivity contribution in [3.05, 3.63) is 0 Å². The van der Waals surface area contributed by atoms with Crippen LogP contribution in [-0.4, -0.2) is 33.8 Å². The summed E-state index contributed by atoms with van der Waals surface area (Å²) in [4.78, 5) is 2.37. The topological polar surface area (TPSA) is 23.5 Å². The highest BCUT2D eigenvalue weighted by Crippen LogP contribution is 2.16. The van der Waals surface area contributed by atoms with E-state index in [-0.39, 0.29) is 6.10 Å². The maximum Gasteiger partial charge on any atom is 0.0590 e. The lowest BCUT2D eigenvalue weighted by Crippen LogP contribution is -2.40. The van der Waals surface area contributed by atoms with Gasteiger partial charge >= 0.3 is 0 Å². The van der Waals surface area contributed by atoms with Gasteiger partial charge in [-0.2, -0.15) is 0 Å². The Labute approximate surface area is 75.7 Å². The molecular formula is C7H14INO. The van der Waals surface area contributed by atoms with Crippen LogP contribution in [-0.2, 0) is 0 Å². The van der Waals surface area contributed by atoms with Gasteiger partial charge in [-0.15, -0.1) is 0 Å². The fraction of sp³-hybridized carbons (Fsp3) is 1.00. The quantitative estimate of drug-likeness (QED) is 0.430. The lowest BCUT2D eigenvalue weighted by atomic mass is 9.97. The molecule has 1 aliphatic rings. The van der Waals surface area contributed by atoms with Crippen LogP contribution in [0.15, 0.2) is 0 Å². The summed E-state index contributed by atoms with van der Waals surface area (Å²) in [5, 5.41) is 9.36. The maximum absolute atomic E-state index is 9.36. The number of likely N-dealkylation sites (tertiary alicyclic amines) is 1. The molecular weight excluding hydrogens is 241 g/mol. The Hall–Kier alpha value is 0.650. The first kappa shape index (κ1) is 8.74. The molecule has 0 aromatic heterocycles. The summed E-state index contributed by atoms with van der Waals surface area (Å²) in [6.07, 6.45) is 0.892. The zero-order valence-corrected chi connectivity index (χ0v) is 8.41. The summed E-state index contributed by atoms with van der Waals surface area (Å²) in [7, 11) is 0. The molecule has 60 valence electrons. The van der Waals surface area contributed by atoms with Gasteiger partial charge in [0.15, 0.2) is 0 Å². The van der Waals surface area contributed by atoms with E-state index in [9.17, 15) is 5.11 Å². The van der Waals surface area contributed by atoms with E-state index in [1.54, 1.807) is 0 Å². The highest BCUT2D eigenvalue weighted by molar-refractivity contribution is 14.1. The standard InChI is InChI=1S/C7H14INO/c1-6-4-9(5-8)3-2-7(6)10/h6-7,10H,2-5H2,1H3. The molecule has 0 amide bonds. The van der Waals surface area contributed by atoms with Crippen LogP contribution in [0.1, 0.15) is 13.3 Å². The van der Waals surface area contributed by atoms with Gasteiger partial charge in [0.2, 0.25) is 0 Å². The van der Waals surface area contributed by atoms with Crippen molar-refractivity contribution < 1.29 is 5.11 Å². The molecule has 1 saturated heterocycles. The van der Waals surface area contributed by atoms with Gasteiger partial charge in [0.25, 0.3) is 0 Å². The number of piperidine rings is 1. The van der Waals surface area contributed by atoms with Crippen molar-refractivity contribution in [1.82, 2.24) is 4.90 Å². The Morgan fingerprint density at radius 1 is 1.70 bits per heavy atom. The zero-order chi connectivity index (χ0) is 7.56. The van der Waals surface area contributed by atoms with E-state index in [0.717, 1.165) is 24.1 Å². The summed E-state index contributed by atoms with van der Waals surface area (Å²) in [6, 6.07) is 0.